The minimum atomic E-state index is -0.690. The van der Waals surface area contributed by atoms with Gasteiger partial charge in [-0.3, -0.25) is 14.9 Å². The van der Waals surface area contributed by atoms with Crippen molar-refractivity contribution in [2.24, 2.45) is 0 Å². The molecule has 7 nitrogen and oxygen atoms in total. The van der Waals surface area contributed by atoms with Gasteiger partial charge >= 0.3 is 5.69 Å². The third-order valence-corrected chi connectivity index (χ3v) is 5.73. The number of anilines is 1. The van der Waals surface area contributed by atoms with E-state index in [0.29, 0.717) is 5.56 Å². The Kier molecular flexibility index (Phi) is 3.42. The fourth-order valence-corrected chi connectivity index (χ4v) is 4.68. The van der Waals surface area contributed by atoms with E-state index in [1.54, 1.807) is 17.4 Å². The van der Waals surface area contributed by atoms with Gasteiger partial charge in [-0.25, -0.2) is 0 Å². The highest BCUT2D eigenvalue weighted by Crippen LogP contribution is 2.43. The summed E-state index contributed by atoms with van der Waals surface area (Å²) in [6.45, 7) is 0. The van der Waals surface area contributed by atoms with Crippen molar-refractivity contribution in [2.45, 2.75) is 31.8 Å². The van der Waals surface area contributed by atoms with Gasteiger partial charge in [0.1, 0.15) is 11.2 Å². The number of phenols is 1. The molecule has 24 heavy (non-hydrogen) atoms. The summed E-state index contributed by atoms with van der Waals surface area (Å²) in [4.78, 5) is 24.2. The van der Waals surface area contributed by atoms with Gasteiger partial charge in [-0.15, -0.1) is 11.3 Å². The molecule has 1 aromatic heterocycles. The van der Waals surface area contributed by atoms with E-state index in [0.717, 1.165) is 36.2 Å². The molecule has 0 fully saturated rings. The summed E-state index contributed by atoms with van der Waals surface area (Å²) in [5.41, 5.74) is 1.72. The Labute approximate surface area is 141 Å². The molecule has 0 bridgehead atoms. The quantitative estimate of drug-likeness (QED) is 0.573. The Bertz CT molecular complexity index is 861. The Morgan fingerprint density at radius 1 is 1.25 bits per heavy atom. The lowest BCUT2D eigenvalue weighted by atomic mass is 9.94. The van der Waals surface area contributed by atoms with Crippen LogP contribution in [0.5, 0.6) is 5.75 Å². The second-order valence-electron chi connectivity index (χ2n) is 5.94. The number of carbonyl (C=O) groups excluding carboxylic acids is 1. The summed E-state index contributed by atoms with van der Waals surface area (Å²) in [5, 5.41) is 28.0. The third-order valence-electron chi connectivity index (χ3n) is 4.50. The Morgan fingerprint density at radius 2 is 2.04 bits per heavy atom. The number of nitro benzene ring substituents is 1. The van der Waals surface area contributed by atoms with Crippen LogP contribution in [0, 0.1) is 10.1 Å². The largest absolute Gasteiger partial charge is 0.502 e. The number of fused-ring (bicyclic) bond motifs is 3. The van der Waals surface area contributed by atoms with E-state index in [1.165, 1.54) is 17.0 Å². The normalized spacial score (nSPS) is 19.0. The first-order valence-corrected chi connectivity index (χ1v) is 8.56. The van der Waals surface area contributed by atoms with Gasteiger partial charge in [0, 0.05) is 16.5 Å². The van der Waals surface area contributed by atoms with Crippen LogP contribution < -0.4 is 10.6 Å². The summed E-state index contributed by atoms with van der Waals surface area (Å²) in [6, 6.07) is 4.30. The fraction of sp³-hybridized carbons (Fsp3) is 0.312. The van der Waals surface area contributed by atoms with Crippen molar-refractivity contribution in [3.8, 4) is 5.75 Å². The molecule has 1 amide bonds. The van der Waals surface area contributed by atoms with Crippen LogP contribution in [-0.2, 0) is 12.8 Å². The maximum atomic E-state index is 12.6. The van der Waals surface area contributed by atoms with E-state index < -0.39 is 16.8 Å². The van der Waals surface area contributed by atoms with Gasteiger partial charge in [0.15, 0.2) is 0 Å². The summed E-state index contributed by atoms with van der Waals surface area (Å²) in [7, 11) is 0. The van der Waals surface area contributed by atoms with Gasteiger partial charge < -0.3 is 15.7 Å². The van der Waals surface area contributed by atoms with Crippen molar-refractivity contribution in [1.82, 2.24) is 5.32 Å². The molecule has 0 radical (unpaired) electrons. The molecule has 1 aliphatic carbocycles. The highest BCUT2D eigenvalue weighted by atomic mass is 32.1. The minimum Gasteiger partial charge on any atom is -0.502 e. The second kappa shape index (κ2) is 5.48. The van der Waals surface area contributed by atoms with Crippen molar-refractivity contribution in [1.29, 1.82) is 0 Å². The minimum absolute atomic E-state index is 0.195. The number of amides is 1. The van der Waals surface area contributed by atoms with Gasteiger partial charge in [-0.2, -0.15) is 0 Å². The number of thiophene rings is 1. The number of rotatable bonds is 2. The average Bonchev–Trinajstić information content (AvgIpc) is 2.93. The van der Waals surface area contributed by atoms with E-state index >= 15 is 0 Å². The third kappa shape index (κ3) is 2.22. The fourth-order valence-electron chi connectivity index (χ4n) is 3.36. The van der Waals surface area contributed by atoms with Crippen LogP contribution in [0.25, 0.3) is 0 Å². The van der Waals surface area contributed by atoms with Gasteiger partial charge in [0.05, 0.1) is 10.5 Å². The van der Waals surface area contributed by atoms with Gasteiger partial charge in [0.2, 0.25) is 5.75 Å². The number of nitrogens with one attached hydrogen (secondary N) is 2. The Hall–Kier alpha value is -2.61. The molecule has 2 heterocycles. The van der Waals surface area contributed by atoms with Crippen molar-refractivity contribution < 1.29 is 14.8 Å². The lowest BCUT2D eigenvalue weighted by molar-refractivity contribution is -0.386. The highest BCUT2D eigenvalue weighted by molar-refractivity contribution is 7.16. The zero-order chi connectivity index (χ0) is 16.8. The molecule has 2 aromatic rings. The van der Waals surface area contributed by atoms with Crippen molar-refractivity contribution in [3.63, 3.8) is 0 Å². The van der Waals surface area contributed by atoms with Crippen LogP contribution in [0.1, 0.15) is 45.4 Å². The van der Waals surface area contributed by atoms with E-state index in [2.05, 4.69) is 10.6 Å². The molecule has 124 valence electrons. The lowest BCUT2D eigenvalue weighted by Gasteiger charge is -2.27. The lowest BCUT2D eigenvalue weighted by Crippen LogP contribution is -2.38. The van der Waals surface area contributed by atoms with E-state index in [1.807, 2.05) is 0 Å². The van der Waals surface area contributed by atoms with Crippen molar-refractivity contribution in [3.05, 3.63) is 49.9 Å². The first kappa shape index (κ1) is 14.9. The standard InChI is InChI=1S/C16H15N3O4S/c20-13-9(5-3-6-10(13)19(22)23)14-17-15(21)12-8-4-1-2-7-11(8)24-16(12)18-14/h3,5-6,14,18,20H,1-2,4,7H2,(H,17,21). The predicted molar refractivity (Wildman–Crippen MR) is 89.6 cm³/mol. The van der Waals surface area contributed by atoms with Crippen LogP contribution in [-0.4, -0.2) is 15.9 Å². The number of aryl methyl sites for hydroxylation is 1. The van der Waals surface area contributed by atoms with E-state index in [9.17, 15) is 20.0 Å². The Morgan fingerprint density at radius 3 is 2.83 bits per heavy atom. The Balaban J connectivity index is 1.74. The molecule has 3 N–H and O–H groups in total. The first-order chi connectivity index (χ1) is 11.6. The summed E-state index contributed by atoms with van der Waals surface area (Å²) >= 11 is 1.57. The molecule has 4 rings (SSSR count). The zero-order valence-electron chi connectivity index (χ0n) is 12.7. The van der Waals surface area contributed by atoms with E-state index in [-0.39, 0.29) is 17.2 Å². The predicted octanol–water partition coefficient (Wildman–Crippen LogP) is 3.09. The molecular formula is C16H15N3O4S. The number of benzene rings is 1. The SMILES string of the molecule is O=C1NC(c2cccc([N+](=O)[O-])c2O)Nc2sc3c(c21)CCCC3. The number of phenolic OH excluding ortho intramolecular Hbond substituents is 1. The summed E-state index contributed by atoms with van der Waals surface area (Å²) < 4.78 is 0. The maximum Gasteiger partial charge on any atom is 0.311 e. The maximum absolute atomic E-state index is 12.6. The molecule has 1 aliphatic heterocycles. The number of nitro groups is 1. The van der Waals surface area contributed by atoms with E-state index in [4.69, 9.17) is 0 Å². The van der Waals surface area contributed by atoms with Crippen LogP contribution >= 0.6 is 11.3 Å². The number of aromatic hydroxyl groups is 1. The molecule has 8 heteroatoms. The number of hydrogen-bond acceptors (Lipinski definition) is 6. The molecule has 1 unspecified atom stereocenters. The number of carbonyl (C=O) groups is 1. The summed E-state index contributed by atoms with van der Waals surface area (Å²) in [5.74, 6) is -0.621. The van der Waals surface area contributed by atoms with Crippen LogP contribution in [0.3, 0.4) is 0 Å². The van der Waals surface area contributed by atoms with Crippen LogP contribution in [0.4, 0.5) is 10.7 Å². The van der Waals surface area contributed by atoms with Crippen LogP contribution in [0.15, 0.2) is 18.2 Å². The van der Waals surface area contributed by atoms with Crippen molar-refractivity contribution >= 4 is 27.9 Å². The molecule has 1 atom stereocenters. The topological polar surface area (TPSA) is 104 Å². The van der Waals surface area contributed by atoms with Gasteiger partial charge in [0.25, 0.3) is 5.91 Å². The van der Waals surface area contributed by atoms with Gasteiger partial charge in [-0.05, 0) is 31.2 Å². The van der Waals surface area contributed by atoms with Crippen LogP contribution in [0.2, 0.25) is 0 Å². The molecule has 1 aromatic carbocycles. The van der Waals surface area contributed by atoms with Gasteiger partial charge in [-0.1, -0.05) is 12.1 Å². The zero-order valence-corrected chi connectivity index (χ0v) is 13.5. The molecule has 0 saturated carbocycles. The average molecular weight is 345 g/mol. The van der Waals surface area contributed by atoms with Crippen molar-refractivity contribution in [2.75, 3.05) is 5.32 Å². The molecule has 0 saturated heterocycles. The smallest absolute Gasteiger partial charge is 0.311 e. The monoisotopic (exact) mass is 345 g/mol. The molecule has 0 spiro atoms. The summed E-state index contributed by atoms with van der Waals surface area (Å²) in [6.07, 6.45) is 3.41. The molecule has 2 aliphatic rings. The second-order valence-corrected chi connectivity index (χ2v) is 7.04. The molecular weight excluding hydrogens is 330 g/mol. The first-order valence-electron chi connectivity index (χ1n) is 7.74. The number of nitrogens with zero attached hydrogens (tertiary/aromatic N) is 1. The number of para-hydroxylation sites is 1. The number of hydrogen-bond donors (Lipinski definition) is 3. The highest BCUT2D eigenvalue weighted by Gasteiger charge is 2.33.